The summed E-state index contributed by atoms with van der Waals surface area (Å²) in [6.45, 7) is 4.81. The molecule has 1 aromatic heterocycles. The Balaban J connectivity index is 1.72. The van der Waals surface area contributed by atoms with E-state index in [9.17, 15) is 13.2 Å². The van der Waals surface area contributed by atoms with Crippen molar-refractivity contribution in [2.75, 3.05) is 36.5 Å². The molecule has 1 saturated heterocycles. The van der Waals surface area contributed by atoms with Crippen LogP contribution >= 0.6 is 0 Å². The molecule has 2 heterocycles. The smallest absolute Gasteiger partial charge is 0.378 e. The van der Waals surface area contributed by atoms with Crippen LogP contribution in [0.25, 0.3) is 0 Å². The first-order chi connectivity index (χ1) is 11.9. The number of nitrogens with one attached hydrogen (secondary N) is 1. The number of morpholine rings is 1. The summed E-state index contributed by atoms with van der Waals surface area (Å²) < 4.78 is 43.7. The van der Waals surface area contributed by atoms with Gasteiger partial charge in [0.25, 0.3) is 0 Å². The van der Waals surface area contributed by atoms with Crippen LogP contribution in [0.5, 0.6) is 0 Å². The quantitative estimate of drug-likeness (QED) is 0.915. The standard InChI is InChI=1S/C17H19F3N4O/c1-12-10-22-16(24-5-7-25-8-6-24)23-15(12)21-11-13-3-2-4-14(9-13)17(18,19)20/h2-4,9-10H,5-8,11H2,1H3,(H,21,22,23). The van der Waals surface area contributed by atoms with Gasteiger partial charge in [-0.1, -0.05) is 12.1 Å². The number of aromatic nitrogens is 2. The normalized spacial score (nSPS) is 15.3. The highest BCUT2D eigenvalue weighted by molar-refractivity contribution is 5.48. The molecule has 0 atom stereocenters. The van der Waals surface area contributed by atoms with Gasteiger partial charge in [0.15, 0.2) is 0 Å². The van der Waals surface area contributed by atoms with Crippen LogP contribution in [0.3, 0.4) is 0 Å². The molecular formula is C17H19F3N4O. The molecule has 2 aromatic rings. The van der Waals surface area contributed by atoms with E-state index in [1.165, 1.54) is 6.07 Å². The Morgan fingerprint density at radius 3 is 2.72 bits per heavy atom. The second kappa shape index (κ2) is 7.26. The minimum atomic E-state index is -4.34. The highest BCUT2D eigenvalue weighted by atomic mass is 19.4. The first kappa shape index (κ1) is 17.5. The van der Waals surface area contributed by atoms with Gasteiger partial charge in [-0.3, -0.25) is 0 Å². The number of hydrogen-bond donors (Lipinski definition) is 1. The molecule has 1 aromatic carbocycles. The van der Waals surface area contributed by atoms with Crippen LogP contribution in [0.1, 0.15) is 16.7 Å². The molecule has 0 spiro atoms. The highest BCUT2D eigenvalue weighted by Gasteiger charge is 2.30. The molecule has 0 saturated carbocycles. The Labute approximate surface area is 143 Å². The molecule has 1 aliphatic rings. The average Bonchev–Trinajstić information content (AvgIpc) is 2.61. The van der Waals surface area contributed by atoms with E-state index in [-0.39, 0.29) is 6.54 Å². The van der Waals surface area contributed by atoms with Crippen LogP contribution in [-0.4, -0.2) is 36.3 Å². The van der Waals surface area contributed by atoms with E-state index in [2.05, 4.69) is 15.3 Å². The summed E-state index contributed by atoms with van der Waals surface area (Å²) >= 11 is 0. The summed E-state index contributed by atoms with van der Waals surface area (Å²) in [6.07, 6.45) is -2.63. The van der Waals surface area contributed by atoms with E-state index >= 15 is 0 Å². The average molecular weight is 352 g/mol. The molecule has 1 fully saturated rings. The van der Waals surface area contributed by atoms with Crippen molar-refractivity contribution in [2.24, 2.45) is 0 Å². The molecule has 8 heteroatoms. The zero-order valence-corrected chi connectivity index (χ0v) is 13.8. The lowest BCUT2D eigenvalue weighted by Crippen LogP contribution is -2.37. The number of nitrogens with zero attached hydrogens (tertiary/aromatic N) is 3. The SMILES string of the molecule is Cc1cnc(N2CCOCC2)nc1NCc1cccc(C(F)(F)F)c1. The van der Waals surface area contributed by atoms with Crippen molar-refractivity contribution in [3.63, 3.8) is 0 Å². The van der Waals surface area contributed by atoms with Crippen LogP contribution < -0.4 is 10.2 Å². The summed E-state index contributed by atoms with van der Waals surface area (Å²) in [5, 5.41) is 3.11. The zero-order valence-electron chi connectivity index (χ0n) is 13.8. The summed E-state index contributed by atoms with van der Waals surface area (Å²) in [5.74, 6) is 1.22. The van der Waals surface area contributed by atoms with E-state index in [1.807, 2.05) is 11.8 Å². The van der Waals surface area contributed by atoms with Gasteiger partial charge in [-0.25, -0.2) is 4.98 Å². The number of alkyl halides is 3. The number of halogens is 3. The van der Waals surface area contributed by atoms with Gasteiger partial charge >= 0.3 is 6.18 Å². The molecule has 3 rings (SSSR count). The first-order valence-corrected chi connectivity index (χ1v) is 8.00. The monoisotopic (exact) mass is 352 g/mol. The van der Waals surface area contributed by atoms with Crippen molar-refractivity contribution in [1.82, 2.24) is 9.97 Å². The topological polar surface area (TPSA) is 50.3 Å². The molecular weight excluding hydrogens is 333 g/mol. The lowest BCUT2D eigenvalue weighted by molar-refractivity contribution is -0.137. The lowest BCUT2D eigenvalue weighted by atomic mass is 10.1. The maximum Gasteiger partial charge on any atom is 0.416 e. The Morgan fingerprint density at radius 2 is 2.00 bits per heavy atom. The van der Waals surface area contributed by atoms with Gasteiger partial charge in [-0.2, -0.15) is 18.2 Å². The largest absolute Gasteiger partial charge is 0.416 e. The minimum absolute atomic E-state index is 0.254. The van der Waals surface area contributed by atoms with Gasteiger partial charge in [0.2, 0.25) is 5.95 Å². The highest BCUT2D eigenvalue weighted by Crippen LogP contribution is 2.29. The molecule has 1 N–H and O–H groups in total. The molecule has 0 bridgehead atoms. The number of benzene rings is 1. The van der Waals surface area contributed by atoms with Crippen molar-refractivity contribution >= 4 is 11.8 Å². The van der Waals surface area contributed by atoms with E-state index in [0.29, 0.717) is 30.5 Å². The van der Waals surface area contributed by atoms with Crippen molar-refractivity contribution < 1.29 is 17.9 Å². The number of rotatable bonds is 4. The Hall–Kier alpha value is -2.35. The third kappa shape index (κ3) is 4.39. The summed E-state index contributed by atoms with van der Waals surface area (Å²) in [6, 6.07) is 5.27. The summed E-state index contributed by atoms with van der Waals surface area (Å²) in [4.78, 5) is 10.9. The molecule has 134 valence electrons. The Bertz CT molecular complexity index is 730. The van der Waals surface area contributed by atoms with Gasteiger partial charge in [-0.05, 0) is 24.6 Å². The van der Waals surface area contributed by atoms with E-state index < -0.39 is 11.7 Å². The van der Waals surface area contributed by atoms with Crippen molar-refractivity contribution in [3.05, 3.63) is 47.2 Å². The first-order valence-electron chi connectivity index (χ1n) is 8.00. The van der Waals surface area contributed by atoms with E-state index in [4.69, 9.17) is 4.74 Å². The number of ether oxygens (including phenoxy) is 1. The van der Waals surface area contributed by atoms with E-state index in [0.717, 1.165) is 30.8 Å². The van der Waals surface area contributed by atoms with Crippen molar-refractivity contribution in [3.8, 4) is 0 Å². The molecule has 0 radical (unpaired) electrons. The summed E-state index contributed by atoms with van der Waals surface area (Å²) in [5.41, 5.74) is 0.727. The Morgan fingerprint density at radius 1 is 1.24 bits per heavy atom. The molecule has 25 heavy (non-hydrogen) atoms. The van der Waals surface area contributed by atoms with Crippen molar-refractivity contribution in [1.29, 1.82) is 0 Å². The number of aryl methyl sites for hydroxylation is 1. The molecule has 0 unspecified atom stereocenters. The molecule has 1 aliphatic heterocycles. The maximum absolute atomic E-state index is 12.8. The third-order valence-electron chi connectivity index (χ3n) is 3.97. The van der Waals surface area contributed by atoms with Gasteiger partial charge in [0.05, 0.1) is 18.8 Å². The second-order valence-corrected chi connectivity index (χ2v) is 5.85. The van der Waals surface area contributed by atoms with Gasteiger partial charge < -0.3 is 15.0 Å². The predicted molar refractivity (Wildman–Crippen MR) is 88.6 cm³/mol. The lowest BCUT2D eigenvalue weighted by Gasteiger charge is -2.27. The fraction of sp³-hybridized carbons (Fsp3) is 0.412. The van der Waals surface area contributed by atoms with Gasteiger partial charge in [0.1, 0.15) is 5.82 Å². The van der Waals surface area contributed by atoms with Crippen LogP contribution in [0.15, 0.2) is 30.5 Å². The third-order valence-corrected chi connectivity index (χ3v) is 3.97. The maximum atomic E-state index is 12.8. The second-order valence-electron chi connectivity index (χ2n) is 5.85. The van der Waals surface area contributed by atoms with E-state index in [1.54, 1.807) is 12.3 Å². The van der Waals surface area contributed by atoms with Crippen LogP contribution in [-0.2, 0) is 17.5 Å². The fourth-order valence-corrected chi connectivity index (χ4v) is 2.57. The molecule has 0 amide bonds. The number of anilines is 2. The van der Waals surface area contributed by atoms with Gasteiger partial charge in [0, 0.05) is 31.4 Å². The predicted octanol–water partition coefficient (Wildman–Crippen LogP) is 3.25. The van der Waals surface area contributed by atoms with Gasteiger partial charge in [-0.15, -0.1) is 0 Å². The molecule has 5 nitrogen and oxygen atoms in total. The summed E-state index contributed by atoms with van der Waals surface area (Å²) in [7, 11) is 0. The molecule has 0 aliphatic carbocycles. The fourth-order valence-electron chi connectivity index (χ4n) is 2.57. The Kier molecular flexibility index (Phi) is 5.08. The minimum Gasteiger partial charge on any atom is -0.378 e. The zero-order chi connectivity index (χ0) is 17.9. The van der Waals surface area contributed by atoms with Crippen molar-refractivity contribution in [2.45, 2.75) is 19.6 Å². The van der Waals surface area contributed by atoms with Crippen LogP contribution in [0, 0.1) is 6.92 Å². The van der Waals surface area contributed by atoms with Crippen LogP contribution in [0.4, 0.5) is 24.9 Å². The number of hydrogen-bond acceptors (Lipinski definition) is 5. The van der Waals surface area contributed by atoms with Crippen LogP contribution in [0.2, 0.25) is 0 Å².